The van der Waals surface area contributed by atoms with Crippen LogP contribution in [0, 0.1) is 17.7 Å². The zero-order valence-electron chi connectivity index (χ0n) is 21.0. The van der Waals surface area contributed by atoms with Crippen LogP contribution in [0.1, 0.15) is 41.9 Å². The molecule has 2 aromatic carbocycles. The van der Waals surface area contributed by atoms with E-state index in [1.165, 1.54) is 17.7 Å². The Labute approximate surface area is 233 Å². The number of benzene rings is 2. The highest BCUT2D eigenvalue weighted by atomic mass is 35.5. The van der Waals surface area contributed by atoms with E-state index in [2.05, 4.69) is 26.6 Å². The van der Waals surface area contributed by atoms with E-state index in [1.807, 2.05) is 18.2 Å². The smallest absolute Gasteiger partial charge is 0.123 e. The zero-order chi connectivity index (χ0) is 25.8. The van der Waals surface area contributed by atoms with E-state index in [4.69, 9.17) is 23.2 Å². The summed E-state index contributed by atoms with van der Waals surface area (Å²) in [5, 5.41) is 16.5. The highest BCUT2D eigenvalue weighted by Gasteiger charge is 2.36. The average Bonchev–Trinajstić information content (AvgIpc) is 3.54. The van der Waals surface area contributed by atoms with Crippen LogP contribution in [0.25, 0.3) is 0 Å². The number of rotatable bonds is 9. The van der Waals surface area contributed by atoms with Crippen molar-refractivity contribution in [3.63, 3.8) is 0 Å². The molecule has 3 nitrogen and oxygen atoms in total. The largest absolute Gasteiger partial charge is 0.393 e. The summed E-state index contributed by atoms with van der Waals surface area (Å²) in [6.07, 6.45) is 3.30. The van der Waals surface area contributed by atoms with Gasteiger partial charge in [-0.1, -0.05) is 41.4 Å². The quantitative estimate of drug-likeness (QED) is 0.302. The van der Waals surface area contributed by atoms with Gasteiger partial charge in [-0.25, -0.2) is 4.39 Å². The number of aliphatic hydroxyl groups is 1. The second kappa shape index (κ2) is 12.6. The Bertz CT molecular complexity index is 1130. The van der Waals surface area contributed by atoms with E-state index in [9.17, 15) is 9.50 Å². The number of thiophene rings is 1. The van der Waals surface area contributed by atoms with Gasteiger partial charge in [-0.15, -0.1) is 0 Å². The first-order valence-corrected chi connectivity index (χ1v) is 15.0. The summed E-state index contributed by atoms with van der Waals surface area (Å²) in [6, 6.07) is 14.6. The Morgan fingerprint density at radius 3 is 2.49 bits per heavy atom. The lowest BCUT2D eigenvalue weighted by Gasteiger charge is -2.35. The molecular weight excluding hydrogens is 526 g/mol. The molecule has 1 unspecified atom stereocenters. The molecule has 198 valence electrons. The fourth-order valence-corrected chi connectivity index (χ4v) is 7.32. The summed E-state index contributed by atoms with van der Waals surface area (Å²) in [7, 11) is 0. The predicted molar refractivity (Wildman–Crippen MR) is 152 cm³/mol. The van der Waals surface area contributed by atoms with Crippen molar-refractivity contribution >= 4 is 34.5 Å². The molecule has 1 aromatic heterocycles. The van der Waals surface area contributed by atoms with Crippen LogP contribution in [-0.4, -0.2) is 53.7 Å². The highest BCUT2D eigenvalue weighted by molar-refractivity contribution is 7.08. The zero-order valence-corrected chi connectivity index (χ0v) is 23.4. The molecule has 37 heavy (non-hydrogen) atoms. The van der Waals surface area contributed by atoms with Gasteiger partial charge in [0.05, 0.1) is 6.10 Å². The second-order valence-corrected chi connectivity index (χ2v) is 12.4. The van der Waals surface area contributed by atoms with Crippen molar-refractivity contribution < 1.29 is 9.50 Å². The third-order valence-corrected chi connectivity index (χ3v) is 9.38. The molecule has 0 radical (unpaired) electrons. The molecule has 0 saturated carbocycles. The first kappa shape index (κ1) is 27.1. The molecule has 2 saturated heterocycles. The van der Waals surface area contributed by atoms with Crippen LogP contribution in [0.4, 0.5) is 4.39 Å². The van der Waals surface area contributed by atoms with Gasteiger partial charge < -0.3 is 10.0 Å². The van der Waals surface area contributed by atoms with Crippen LogP contribution < -0.4 is 0 Å². The van der Waals surface area contributed by atoms with Crippen LogP contribution >= 0.6 is 34.5 Å². The average molecular weight is 562 g/mol. The minimum Gasteiger partial charge on any atom is -0.393 e. The number of piperidine rings is 1. The molecule has 1 N–H and O–H groups in total. The molecular formula is C30H35Cl2FN2OS. The molecule has 3 atom stereocenters. The third kappa shape index (κ3) is 7.35. The number of aliphatic hydroxyl groups excluding tert-OH is 1. The van der Waals surface area contributed by atoms with Gasteiger partial charge in [0, 0.05) is 42.1 Å². The Hall–Kier alpha value is -1.47. The van der Waals surface area contributed by atoms with Crippen molar-refractivity contribution in [1.82, 2.24) is 9.80 Å². The van der Waals surface area contributed by atoms with Crippen LogP contribution in [0.3, 0.4) is 0 Å². The summed E-state index contributed by atoms with van der Waals surface area (Å²) >= 11 is 14.4. The fraction of sp³-hybridized carbons (Fsp3) is 0.467. The summed E-state index contributed by atoms with van der Waals surface area (Å²) in [5.74, 6) is 1.44. The van der Waals surface area contributed by atoms with Gasteiger partial charge in [-0.2, -0.15) is 11.3 Å². The minimum absolute atomic E-state index is 0.231. The van der Waals surface area contributed by atoms with E-state index >= 15 is 0 Å². The molecule has 0 bridgehead atoms. The number of hydrogen-bond acceptors (Lipinski definition) is 4. The molecule has 3 aromatic rings. The van der Waals surface area contributed by atoms with Gasteiger partial charge in [0.1, 0.15) is 5.82 Å². The predicted octanol–water partition coefficient (Wildman–Crippen LogP) is 7.12. The van der Waals surface area contributed by atoms with Gasteiger partial charge in [0.2, 0.25) is 0 Å². The molecule has 0 aliphatic carbocycles. The summed E-state index contributed by atoms with van der Waals surface area (Å²) < 4.78 is 13.2. The molecule has 2 aliphatic rings. The van der Waals surface area contributed by atoms with Crippen molar-refractivity contribution in [3.05, 3.63) is 91.8 Å². The Morgan fingerprint density at radius 2 is 1.78 bits per heavy atom. The Kier molecular flexibility index (Phi) is 9.22. The van der Waals surface area contributed by atoms with Crippen molar-refractivity contribution in [2.45, 2.75) is 44.2 Å². The second-order valence-electron chi connectivity index (χ2n) is 10.8. The minimum atomic E-state index is -0.368. The lowest BCUT2D eigenvalue weighted by atomic mass is 9.87. The Balaban J connectivity index is 1.14. The van der Waals surface area contributed by atoms with Crippen molar-refractivity contribution in [2.24, 2.45) is 11.8 Å². The molecule has 2 aliphatic heterocycles. The van der Waals surface area contributed by atoms with Gasteiger partial charge >= 0.3 is 0 Å². The van der Waals surface area contributed by atoms with Gasteiger partial charge in [0.15, 0.2) is 0 Å². The summed E-state index contributed by atoms with van der Waals surface area (Å²) in [5.41, 5.74) is 3.59. The van der Waals surface area contributed by atoms with Crippen LogP contribution in [0.5, 0.6) is 0 Å². The summed E-state index contributed by atoms with van der Waals surface area (Å²) in [6.45, 7) is 6.24. The maximum absolute atomic E-state index is 13.2. The number of hydrogen-bond donors (Lipinski definition) is 1. The first-order chi connectivity index (χ1) is 17.9. The monoisotopic (exact) mass is 560 g/mol. The van der Waals surface area contributed by atoms with E-state index in [0.717, 1.165) is 74.7 Å². The molecule has 3 heterocycles. The van der Waals surface area contributed by atoms with Crippen LogP contribution in [-0.2, 0) is 13.0 Å². The van der Waals surface area contributed by atoms with E-state index < -0.39 is 0 Å². The number of likely N-dealkylation sites (tertiary alicyclic amines) is 2. The van der Waals surface area contributed by atoms with Crippen molar-refractivity contribution in [2.75, 3.05) is 32.7 Å². The van der Waals surface area contributed by atoms with Crippen LogP contribution in [0.15, 0.2) is 59.3 Å². The fourth-order valence-electron chi connectivity index (χ4n) is 6.13. The lowest BCUT2D eigenvalue weighted by Crippen LogP contribution is -2.39. The first-order valence-electron chi connectivity index (χ1n) is 13.3. The molecule has 5 rings (SSSR count). The van der Waals surface area contributed by atoms with E-state index in [1.54, 1.807) is 23.5 Å². The van der Waals surface area contributed by atoms with E-state index in [0.29, 0.717) is 29.2 Å². The normalized spacial score (nSPS) is 22.5. The standard InChI is InChI=1S/C30H35Cl2FN2OS/c31-26-4-3-23(30(32)15-26)16-35-18-25(29(19-35)24-9-12-37-20-24)17-34-10-7-22(8-11-34)14-28(36)13-21-1-5-27(33)6-2-21/h1-6,9,12,15,20,22,25,28-29,36H,7-8,10-11,13-14,16-19H2/t25-,28?,29+/m0/s1. The van der Waals surface area contributed by atoms with E-state index in [-0.39, 0.29) is 11.9 Å². The van der Waals surface area contributed by atoms with Crippen LogP contribution in [0.2, 0.25) is 10.0 Å². The molecule has 2 fully saturated rings. The van der Waals surface area contributed by atoms with Gasteiger partial charge in [-0.05, 0) is 108 Å². The van der Waals surface area contributed by atoms with Crippen molar-refractivity contribution in [1.29, 1.82) is 0 Å². The van der Waals surface area contributed by atoms with Gasteiger partial charge in [-0.3, -0.25) is 4.90 Å². The van der Waals surface area contributed by atoms with Crippen molar-refractivity contribution in [3.8, 4) is 0 Å². The maximum atomic E-state index is 13.2. The lowest BCUT2D eigenvalue weighted by molar-refractivity contribution is 0.101. The Morgan fingerprint density at radius 1 is 1.00 bits per heavy atom. The number of halogens is 3. The van der Waals surface area contributed by atoms with Gasteiger partial charge in [0.25, 0.3) is 0 Å². The third-order valence-electron chi connectivity index (χ3n) is 8.09. The molecule has 7 heteroatoms. The highest BCUT2D eigenvalue weighted by Crippen LogP contribution is 2.37. The molecule has 0 spiro atoms. The topological polar surface area (TPSA) is 26.7 Å². The summed E-state index contributed by atoms with van der Waals surface area (Å²) in [4.78, 5) is 5.17. The maximum Gasteiger partial charge on any atom is 0.123 e. The SMILES string of the molecule is OC(Cc1ccc(F)cc1)CC1CCN(C[C@H]2CN(Cc3ccc(Cl)cc3Cl)C[C@@H]2c2ccsc2)CC1. The number of nitrogens with zero attached hydrogens (tertiary/aromatic N) is 2. The molecule has 0 amide bonds.